The van der Waals surface area contributed by atoms with Gasteiger partial charge in [-0.1, -0.05) is 0 Å². The minimum Gasteiger partial charge on any atom is -0.459 e. The normalized spacial score (nSPS) is 18.8. The third kappa shape index (κ3) is 3.46. The SMILES string of the molecule is O=C(CN1CCOC1=O)N1CCCN(C(=O)c2ccco2)CC1. The minimum absolute atomic E-state index is 0.0327. The van der Waals surface area contributed by atoms with Crippen molar-refractivity contribution >= 4 is 17.9 Å². The van der Waals surface area contributed by atoms with Crippen LogP contribution in [0.4, 0.5) is 4.79 Å². The van der Waals surface area contributed by atoms with Gasteiger partial charge in [0.05, 0.1) is 12.8 Å². The fourth-order valence-electron chi connectivity index (χ4n) is 2.76. The van der Waals surface area contributed by atoms with Gasteiger partial charge in [0, 0.05) is 26.2 Å². The highest BCUT2D eigenvalue weighted by Gasteiger charge is 2.28. The van der Waals surface area contributed by atoms with E-state index in [4.69, 9.17) is 9.15 Å². The second-order valence-electron chi connectivity index (χ2n) is 5.54. The predicted octanol–water partition coefficient (Wildman–Crippen LogP) is 0.406. The first-order valence-electron chi connectivity index (χ1n) is 7.67. The number of rotatable bonds is 3. The summed E-state index contributed by atoms with van der Waals surface area (Å²) >= 11 is 0. The van der Waals surface area contributed by atoms with Crippen molar-refractivity contribution in [2.24, 2.45) is 0 Å². The maximum absolute atomic E-state index is 12.3. The molecule has 3 rings (SSSR count). The van der Waals surface area contributed by atoms with E-state index >= 15 is 0 Å². The number of hydrogen-bond donors (Lipinski definition) is 0. The third-order valence-electron chi connectivity index (χ3n) is 4.04. The Labute approximate surface area is 133 Å². The van der Waals surface area contributed by atoms with Gasteiger partial charge in [-0.2, -0.15) is 0 Å². The molecule has 23 heavy (non-hydrogen) atoms. The standard InChI is InChI=1S/C15H19N3O5/c19-13(11-18-8-10-23-15(18)21)16-4-2-5-17(7-6-16)14(20)12-3-1-9-22-12/h1,3,9H,2,4-8,10-11H2. The fraction of sp³-hybridized carbons (Fsp3) is 0.533. The molecular formula is C15H19N3O5. The van der Waals surface area contributed by atoms with Crippen LogP contribution >= 0.6 is 0 Å². The molecule has 2 saturated heterocycles. The molecule has 2 aliphatic rings. The first-order valence-corrected chi connectivity index (χ1v) is 7.67. The third-order valence-corrected chi connectivity index (χ3v) is 4.04. The first-order chi connectivity index (χ1) is 11.1. The van der Waals surface area contributed by atoms with Gasteiger partial charge in [-0.05, 0) is 18.6 Å². The van der Waals surface area contributed by atoms with Crippen LogP contribution in [0.2, 0.25) is 0 Å². The lowest BCUT2D eigenvalue weighted by Crippen LogP contribution is -2.42. The minimum atomic E-state index is -0.442. The zero-order valence-corrected chi connectivity index (χ0v) is 12.8. The molecular weight excluding hydrogens is 302 g/mol. The Kier molecular flexibility index (Phi) is 4.50. The molecule has 2 fully saturated rings. The van der Waals surface area contributed by atoms with Crippen LogP contribution in [0.1, 0.15) is 17.0 Å². The molecule has 0 radical (unpaired) electrons. The van der Waals surface area contributed by atoms with Crippen LogP contribution in [0.15, 0.2) is 22.8 Å². The zero-order chi connectivity index (χ0) is 16.2. The second kappa shape index (κ2) is 6.72. The number of hydrogen-bond acceptors (Lipinski definition) is 5. The van der Waals surface area contributed by atoms with Crippen molar-refractivity contribution in [2.75, 3.05) is 45.9 Å². The summed E-state index contributed by atoms with van der Waals surface area (Å²) in [4.78, 5) is 40.8. The van der Waals surface area contributed by atoms with E-state index in [1.54, 1.807) is 21.9 Å². The number of furan rings is 1. The summed E-state index contributed by atoms with van der Waals surface area (Å²) in [7, 11) is 0. The van der Waals surface area contributed by atoms with Gasteiger partial charge in [0.25, 0.3) is 5.91 Å². The highest BCUT2D eigenvalue weighted by Crippen LogP contribution is 2.11. The van der Waals surface area contributed by atoms with Crippen LogP contribution in [0.25, 0.3) is 0 Å². The van der Waals surface area contributed by atoms with Gasteiger partial charge in [0.15, 0.2) is 5.76 Å². The molecule has 0 aliphatic carbocycles. The molecule has 3 heterocycles. The second-order valence-corrected chi connectivity index (χ2v) is 5.54. The topological polar surface area (TPSA) is 83.3 Å². The van der Waals surface area contributed by atoms with E-state index in [0.717, 1.165) is 0 Å². The van der Waals surface area contributed by atoms with Crippen molar-refractivity contribution < 1.29 is 23.5 Å². The van der Waals surface area contributed by atoms with Crippen molar-refractivity contribution in [1.29, 1.82) is 0 Å². The first kappa shape index (κ1) is 15.4. The summed E-state index contributed by atoms with van der Waals surface area (Å²) in [6, 6.07) is 3.31. The summed E-state index contributed by atoms with van der Waals surface area (Å²) in [5.41, 5.74) is 0. The van der Waals surface area contributed by atoms with E-state index in [9.17, 15) is 14.4 Å². The smallest absolute Gasteiger partial charge is 0.410 e. The maximum atomic E-state index is 12.3. The van der Waals surface area contributed by atoms with Gasteiger partial charge in [-0.3, -0.25) is 14.5 Å². The van der Waals surface area contributed by atoms with Crippen molar-refractivity contribution in [1.82, 2.24) is 14.7 Å². The van der Waals surface area contributed by atoms with Crippen LogP contribution in [0.5, 0.6) is 0 Å². The van der Waals surface area contributed by atoms with E-state index in [0.29, 0.717) is 51.5 Å². The van der Waals surface area contributed by atoms with Crippen LogP contribution in [0, 0.1) is 0 Å². The Balaban J connectivity index is 1.54. The van der Waals surface area contributed by atoms with Crippen LogP contribution in [-0.4, -0.2) is 78.5 Å². The van der Waals surface area contributed by atoms with Crippen molar-refractivity contribution in [3.05, 3.63) is 24.2 Å². The summed E-state index contributed by atoms with van der Waals surface area (Å²) < 4.78 is 9.96. The van der Waals surface area contributed by atoms with Crippen molar-refractivity contribution in [2.45, 2.75) is 6.42 Å². The highest BCUT2D eigenvalue weighted by atomic mass is 16.6. The monoisotopic (exact) mass is 321 g/mol. The molecule has 0 unspecified atom stereocenters. The molecule has 124 valence electrons. The Bertz CT molecular complexity index is 586. The molecule has 1 aromatic rings. The number of carbonyl (C=O) groups is 3. The van der Waals surface area contributed by atoms with Gasteiger partial charge in [-0.25, -0.2) is 4.79 Å². The summed E-state index contributed by atoms with van der Waals surface area (Å²) in [6.07, 6.45) is 1.72. The van der Waals surface area contributed by atoms with Gasteiger partial charge in [-0.15, -0.1) is 0 Å². The molecule has 1 aromatic heterocycles. The zero-order valence-electron chi connectivity index (χ0n) is 12.8. The van der Waals surface area contributed by atoms with Crippen LogP contribution < -0.4 is 0 Å². The van der Waals surface area contributed by atoms with E-state index in [-0.39, 0.29) is 18.4 Å². The van der Waals surface area contributed by atoms with Crippen LogP contribution in [0.3, 0.4) is 0 Å². The lowest BCUT2D eigenvalue weighted by atomic mass is 10.3. The molecule has 3 amide bonds. The summed E-state index contributed by atoms with van der Waals surface area (Å²) in [5.74, 6) is 0.0353. The van der Waals surface area contributed by atoms with Gasteiger partial charge < -0.3 is 19.0 Å². The number of amides is 3. The van der Waals surface area contributed by atoms with Crippen molar-refractivity contribution in [3.63, 3.8) is 0 Å². The Hall–Kier alpha value is -2.51. The molecule has 0 saturated carbocycles. The van der Waals surface area contributed by atoms with Gasteiger partial charge >= 0.3 is 6.09 Å². The van der Waals surface area contributed by atoms with Crippen molar-refractivity contribution in [3.8, 4) is 0 Å². The highest BCUT2D eigenvalue weighted by molar-refractivity contribution is 5.91. The van der Waals surface area contributed by atoms with E-state index in [1.807, 2.05) is 0 Å². The average Bonchev–Trinajstić information content (AvgIpc) is 3.14. The molecule has 0 N–H and O–H groups in total. The summed E-state index contributed by atoms with van der Waals surface area (Å²) in [6.45, 7) is 2.87. The lowest BCUT2D eigenvalue weighted by Gasteiger charge is -2.23. The van der Waals surface area contributed by atoms with Crippen LogP contribution in [-0.2, 0) is 9.53 Å². The molecule has 0 atom stereocenters. The Morgan fingerprint density at radius 3 is 2.57 bits per heavy atom. The molecule has 0 bridgehead atoms. The largest absolute Gasteiger partial charge is 0.459 e. The summed E-state index contributed by atoms with van der Waals surface area (Å²) in [5, 5.41) is 0. The molecule has 8 nitrogen and oxygen atoms in total. The quantitative estimate of drug-likeness (QED) is 0.805. The fourth-order valence-corrected chi connectivity index (χ4v) is 2.76. The average molecular weight is 321 g/mol. The van der Waals surface area contributed by atoms with E-state index < -0.39 is 6.09 Å². The Morgan fingerprint density at radius 2 is 1.87 bits per heavy atom. The molecule has 0 aromatic carbocycles. The van der Waals surface area contributed by atoms with E-state index in [1.165, 1.54) is 11.2 Å². The maximum Gasteiger partial charge on any atom is 0.410 e. The van der Waals surface area contributed by atoms with E-state index in [2.05, 4.69) is 0 Å². The number of ether oxygens (including phenoxy) is 1. The molecule has 8 heteroatoms. The number of nitrogens with zero attached hydrogens (tertiary/aromatic N) is 3. The van der Waals surface area contributed by atoms with Gasteiger partial charge in [0.2, 0.25) is 5.91 Å². The van der Waals surface area contributed by atoms with Gasteiger partial charge in [0.1, 0.15) is 13.2 Å². The molecule has 2 aliphatic heterocycles. The number of carbonyl (C=O) groups excluding carboxylic acids is 3. The number of cyclic esters (lactones) is 1. The Morgan fingerprint density at radius 1 is 1.09 bits per heavy atom. The molecule has 0 spiro atoms. The predicted molar refractivity (Wildman–Crippen MR) is 78.7 cm³/mol. The lowest BCUT2D eigenvalue weighted by molar-refractivity contribution is -0.131.